The highest BCUT2D eigenvalue weighted by molar-refractivity contribution is 7.87. The van der Waals surface area contributed by atoms with Gasteiger partial charge in [0.05, 0.1) is 0 Å². The summed E-state index contributed by atoms with van der Waals surface area (Å²) in [5.41, 5.74) is 0. The van der Waals surface area contributed by atoms with Crippen molar-refractivity contribution >= 4 is 10.2 Å². The van der Waals surface area contributed by atoms with Crippen molar-refractivity contribution in [2.45, 2.75) is 18.8 Å². The van der Waals surface area contributed by atoms with Crippen LogP contribution >= 0.6 is 0 Å². The summed E-state index contributed by atoms with van der Waals surface area (Å²) < 4.78 is 47.0. The molecule has 7 heteroatoms. The number of nitrogens with one attached hydrogen (secondary N) is 1. The molecule has 1 rings (SSSR count). The fraction of sp³-hybridized carbons (Fsp3) is 1.00. The molecule has 1 aliphatic carbocycles. The van der Waals surface area contributed by atoms with Gasteiger partial charge in [-0.2, -0.15) is 8.42 Å². The van der Waals surface area contributed by atoms with Gasteiger partial charge < -0.3 is 0 Å². The molecule has 0 aromatic carbocycles. The van der Waals surface area contributed by atoms with Crippen molar-refractivity contribution in [1.29, 1.82) is 0 Å². The molecular weight excluding hydrogens is 190 g/mol. The van der Waals surface area contributed by atoms with E-state index in [4.69, 9.17) is 0 Å². The van der Waals surface area contributed by atoms with E-state index in [1.807, 2.05) is 4.72 Å². The maximum Gasteiger partial charge on any atom is 0.274 e. The molecule has 0 unspecified atom stereocenters. The molecule has 0 aromatic heterocycles. The van der Waals surface area contributed by atoms with Gasteiger partial charge in [-0.25, -0.2) is 18.6 Å². The summed E-state index contributed by atoms with van der Waals surface area (Å²) in [6, 6.07) is 0. The molecule has 1 fully saturated rings. The highest BCUT2D eigenvalue weighted by Gasteiger charge is 2.45. The van der Waals surface area contributed by atoms with E-state index in [2.05, 4.69) is 5.14 Å². The van der Waals surface area contributed by atoms with E-state index in [1.165, 1.54) is 0 Å². The van der Waals surface area contributed by atoms with Crippen LogP contribution in [0.1, 0.15) is 12.8 Å². The zero-order valence-electron chi connectivity index (χ0n) is 6.26. The van der Waals surface area contributed by atoms with Gasteiger partial charge in [0.2, 0.25) is 5.92 Å². The highest BCUT2D eigenvalue weighted by atomic mass is 32.2. The van der Waals surface area contributed by atoms with Crippen LogP contribution in [0.3, 0.4) is 0 Å². The molecule has 12 heavy (non-hydrogen) atoms. The van der Waals surface area contributed by atoms with E-state index in [-0.39, 0.29) is 25.3 Å². The SMILES string of the molecule is NS(=O)(=O)NCC1CC(F)(F)C1. The lowest BCUT2D eigenvalue weighted by Crippen LogP contribution is -2.43. The maximum atomic E-state index is 12.2. The quantitative estimate of drug-likeness (QED) is 0.663. The van der Waals surface area contributed by atoms with E-state index in [0.717, 1.165) is 0 Å². The molecular formula is C5H10F2N2O2S. The first-order valence-corrected chi connectivity index (χ1v) is 4.98. The largest absolute Gasteiger partial charge is 0.274 e. The summed E-state index contributed by atoms with van der Waals surface area (Å²) >= 11 is 0. The Morgan fingerprint density at radius 3 is 2.33 bits per heavy atom. The average Bonchev–Trinajstić information content (AvgIpc) is 1.76. The Morgan fingerprint density at radius 2 is 2.00 bits per heavy atom. The fourth-order valence-electron chi connectivity index (χ4n) is 1.16. The number of rotatable bonds is 3. The Kier molecular flexibility index (Phi) is 2.37. The van der Waals surface area contributed by atoms with E-state index in [1.54, 1.807) is 0 Å². The summed E-state index contributed by atoms with van der Waals surface area (Å²) in [4.78, 5) is 0. The molecule has 0 heterocycles. The number of halogens is 2. The third-order valence-electron chi connectivity index (χ3n) is 1.75. The number of hydrogen-bond donors (Lipinski definition) is 2. The Bertz CT molecular complexity index is 257. The first-order chi connectivity index (χ1) is 5.29. The Balaban J connectivity index is 2.21. The fourth-order valence-corrected chi connectivity index (χ4v) is 1.63. The molecule has 0 atom stereocenters. The van der Waals surface area contributed by atoms with Crippen LogP contribution in [0.5, 0.6) is 0 Å². The van der Waals surface area contributed by atoms with E-state index < -0.39 is 16.1 Å². The molecule has 0 aromatic rings. The second-order valence-corrected chi connectivity index (χ2v) is 4.40. The van der Waals surface area contributed by atoms with Gasteiger partial charge in [0, 0.05) is 19.4 Å². The predicted molar refractivity (Wildman–Crippen MR) is 38.8 cm³/mol. The number of nitrogens with two attached hydrogens (primary N) is 1. The third kappa shape index (κ3) is 3.00. The van der Waals surface area contributed by atoms with Gasteiger partial charge in [-0.3, -0.25) is 0 Å². The van der Waals surface area contributed by atoms with Crippen LogP contribution < -0.4 is 9.86 Å². The minimum absolute atomic E-state index is 0.00836. The molecule has 0 radical (unpaired) electrons. The van der Waals surface area contributed by atoms with Crippen molar-refractivity contribution in [3.05, 3.63) is 0 Å². The Morgan fingerprint density at radius 1 is 1.50 bits per heavy atom. The highest BCUT2D eigenvalue weighted by Crippen LogP contribution is 2.41. The average molecular weight is 200 g/mol. The van der Waals surface area contributed by atoms with Gasteiger partial charge in [-0.1, -0.05) is 0 Å². The molecule has 0 spiro atoms. The summed E-state index contributed by atoms with van der Waals surface area (Å²) in [5.74, 6) is -2.89. The van der Waals surface area contributed by atoms with Crippen molar-refractivity contribution in [3.8, 4) is 0 Å². The zero-order valence-corrected chi connectivity index (χ0v) is 7.07. The van der Waals surface area contributed by atoms with Crippen LogP contribution in [0.4, 0.5) is 8.78 Å². The van der Waals surface area contributed by atoms with Crippen molar-refractivity contribution in [1.82, 2.24) is 4.72 Å². The maximum absolute atomic E-state index is 12.2. The lowest BCUT2D eigenvalue weighted by atomic mass is 9.82. The lowest BCUT2D eigenvalue weighted by Gasteiger charge is -2.34. The summed E-state index contributed by atoms with van der Waals surface area (Å²) in [6.07, 6.45) is -0.509. The molecule has 3 N–H and O–H groups in total. The van der Waals surface area contributed by atoms with E-state index in [9.17, 15) is 17.2 Å². The monoisotopic (exact) mass is 200 g/mol. The van der Waals surface area contributed by atoms with Crippen LogP contribution in [0.15, 0.2) is 0 Å². The van der Waals surface area contributed by atoms with Crippen molar-refractivity contribution in [2.24, 2.45) is 11.1 Å². The summed E-state index contributed by atoms with van der Waals surface area (Å²) in [5, 5.41) is 4.60. The standard InChI is InChI=1S/C5H10F2N2O2S/c6-5(7)1-4(2-5)3-9-12(8,10)11/h4,9H,1-3H2,(H2,8,10,11). The van der Waals surface area contributed by atoms with Gasteiger partial charge >= 0.3 is 0 Å². The number of hydrogen-bond acceptors (Lipinski definition) is 2. The minimum atomic E-state index is -3.73. The van der Waals surface area contributed by atoms with Crippen molar-refractivity contribution in [3.63, 3.8) is 0 Å². The molecule has 0 aliphatic heterocycles. The zero-order chi connectivity index (χ0) is 9.41. The molecule has 0 amide bonds. The second kappa shape index (κ2) is 2.90. The van der Waals surface area contributed by atoms with Gasteiger partial charge in [-0.05, 0) is 5.92 Å². The second-order valence-electron chi connectivity index (χ2n) is 3.02. The Hall–Kier alpha value is -0.270. The van der Waals surface area contributed by atoms with Crippen LogP contribution in [-0.4, -0.2) is 20.9 Å². The molecule has 0 saturated heterocycles. The topological polar surface area (TPSA) is 72.2 Å². The Labute approximate surface area is 69.3 Å². The summed E-state index contributed by atoms with van der Waals surface area (Å²) in [7, 11) is -3.73. The molecule has 0 bridgehead atoms. The minimum Gasteiger partial charge on any atom is -0.216 e. The van der Waals surface area contributed by atoms with Crippen molar-refractivity contribution < 1.29 is 17.2 Å². The molecule has 1 aliphatic rings. The van der Waals surface area contributed by atoms with Crippen LogP contribution in [0.2, 0.25) is 0 Å². The summed E-state index contributed by atoms with van der Waals surface area (Å²) in [6.45, 7) is 0.00836. The first kappa shape index (κ1) is 9.82. The first-order valence-electron chi connectivity index (χ1n) is 3.44. The van der Waals surface area contributed by atoms with E-state index >= 15 is 0 Å². The third-order valence-corrected chi connectivity index (χ3v) is 2.32. The van der Waals surface area contributed by atoms with Gasteiger partial charge in [-0.15, -0.1) is 0 Å². The molecule has 4 nitrogen and oxygen atoms in total. The molecule has 1 saturated carbocycles. The van der Waals surface area contributed by atoms with Gasteiger partial charge in [0.25, 0.3) is 10.2 Å². The number of alkyl halides is 2. The van der Waals surface area contributed by atoms with Crippen LogP contribution in [0.25, 0.3) is 0 Å². The smallest absolute Gasteiger partial charge is 0.216 e. The van der Waals surface area contributed by atoms with Gasteiger partial charge in [0.15, 0.2) is 0 Å². The van der Waals surface area contributed by atoms with Crippen LogP contribution in [0, 0.1) is 5.92 Å². The lowest BCUT2D eigenvalue weighted by molar-refractivity contribution is -0.108. The van der Waals surface area contributed by atoms with Crippen molar-refractivity contribution in [2.75, 3.05) is 6.54 Å². The van der Waals surface area contributed by atoms with Crippen LogP contribution in [-0.2, 0) is 10.2 Å². The molecule has 72 valence electrons. The van der Waals surface area contributed by atoms with Gasteiger partial charge in [0.1, 0.15) is 0 Å². The predicted octanol–water partition coefficient (Wildman–Crippen LogP) is -0.175. The normalized spacial score (nSPS) is 23.6. The van der Waals surface area contributed by atoms with E-state index in [0.29, 0.717) is 0 Å².